The van der Waals surface area contributed by atoms with Gasteiger partial charge < -0.3 is 0 Å². The monoisotopic (exact) mass is 395 g/mol. The van der Waals surface area contributed by atoms with Crippen molar-refractivity contribution in [1.29, 1.82) is 0 Å². The largest absolute Gasteiger partial charge is 0 e. The fourth-order valence-electron chi connectivity index (χ4n) is 3.45. The van der Waals surface area contributed by atoms with Gasteiger partial charge in [0.05, 0.1) is 0 Å². The molecular formula is C16H27O5Ti2. The number of hydrogen-bond donors (Lipinski definition) is 0. The van der Waals surface area contributed by atoms with Crippen LogP contribution >= 0.6 is 0 Å². The summed E-state index contributed by atoms with van der Waals surface area (Å²) in [5.74, 6) is 0. The first-order valence-corrected chi connectivity index (χ1v) is 12.0. The van der Waals surface area contributed by atoms with E-state index in [9.17, 15) is 24.0 Å². The van der Waals surface area contributed by atoms with Crippen LogP contribution in [0.15, 0.2) is 0 Å². The average molecular weight is 395 g/mol. The van der Waals surface area contributed by atoms with E-state index >= 15 is 0 Å². The first-order valence-electron chi connectivity index (χ1n) is 8.07. The molecule has 0 aromatic carbocycles. The normalized spacial score (nSPS) is 12.5. The summed E-state index contributed by atoms with van der Waals surface area (Å²) in [6.07, 6.45) is -0.177. The Hall–Kier alpha value is -0.221. The van der Waals surface area contributed by atoms with Gasteiger partial charge in [0.2, 0.25) is 0 Å². The molecule has 0 fully saturated rings. The second kappa shape index (κ2) is 9.93. The zero-order valence-corrected chi connectivity index (χ0v) is 17.9. The second-order valence-electron chi connectivity index (χ2n) is 5.53. The molecule has 0 unspecified atom stereocenters. The first kappa shape index (κ1) is 25.0. The molecule has 129 valence electrons. The number of carbonyl (C=O) groups is 5. The molecule has 0 aliphatic carbocycles. The van der Waals surface area contributed by atoms with Crippen molar-refractivity contribution >= 4 is 20.4 Å². The van der Waals surface area contributed by atoms with Crippen molar-refractivity contribution in [3.8, 4) is 0 Å². The van der Waals surface area contributed by atoms with Crippen LogP contribution in [0, 0.1) is 0 Å². The van der Waals surface area contributed by atoms with Gasteiger partial charge in [0, 0.05) is 21.7 Å². The van der Waals surface area contributed by atoms with Crippen molar-refractivity contribution in [2.75, 3.05) is 0 Å². The molecule has 0 aliphatic rings. The Morgan fingerprint density at radius 2 is 0.826 bits per heavy atom. The summed E-state index contributed by atoms with van der Waals surface area (Å²) in [5.41, 5.74) is 0. The summed E-state index contributed by atoms with van der Waals surface area (Å²) in [6.45, 7) is 7.79. The molecule has 7 heteroatoms. The van der Waals surface area contributed by atoms with Crippen molar-refractivity contribution < 1.29 is 61.0 Å². The van der Waals surface area contributed by atoms with Crippen LogP contribution in [0.5, 0.6) is 0 Å². The van der Waals surface area contributed by atoms with Gasteiger partial charge in [0.15, 0.2) is 0 Å². The molecule has 5 nitrogen and oxygen atoms in total. The number of carbonyl (C=O) groups excluding carboxylic acids is 5. The van der Waals surface area contributed by atoms with Crippen LogP contribution < -0.4 is 0 Å². The number of hydrogen-bond acceptors (Lipinski definition) is 5. The van der Waals surface area contributed by atoms with Gasteiger partial charge in [-0.3, -0.25) is 0 Å². The van der Waals surface area contributed by atoms with Gasteiger partial charge in [0.25, 0.3) is 0 Å². The van der Waals surface area contributed by atoms with E-state index < -0.39 is 35.7 Å². The zero-order valence-electron chi connectivity index (χ0n) is 14.8. The van der Waals surface area contributed by atoms with Gasteiger partial charge in [-0.15, -0.1) is 0 Å². The van der Waals surface area contributed by atoms with Gasteiger partial charge in [-0.25, -0.2) is 0 Å². The fraction of sp³-hybridized carbons (Fsp3) is 0.688. The molecule has 0 aromatic rings. The van der Waals surface area contributed by atoms with E-state index in [2.05, 4.69) is 0 Å². The van der Waals surface area contributed by atoms with Crippen molar-refractivity contribution in [1.82, 2.24) is 0 Å². The van der Waals surface area contributed by atoms with E-state index in [4.69, 9.17) is 0 Å². The molecule has 0 rings (SSSR count). The molecule has 0 amide bonds. The molecule has 0 radical (unpaired) electrons. The third-order valence-electron chi connectivity index (χ3n) is 4.55. The molecule has 23 heavy (non-hydrogen) atoms. The van der Waals surface area contributed by atoms with Crippen LogP contribution in [-0.2, 0) is 61.0 Å². The van der Waals surface area contributed by atoms with Crippen molar-refractivity contribution in [2.24, 2.45) is 0 Å². The Balaban J connectivity index is 0. The quantitative estimate of drug-likeness (QED) is 0.503. The second-order valence-corrected chi connectivity index (χ2v) is 13.8. The number of rotatable bonds is 11. The van der Waals surface area contributed by atoms with E-state index in [1.807, 2.05) is 0 Å². The third kappa shape index (κ3) is 3.30. The van der Waals surface area contributed by atoms with Crippen LogP contribution in [0.2, 0.25) is 0 Å². The van der Waals surface area contributed by atoms with Gasteiger partial charge in [-0.2, -0.15) is 0 Å². The maximum atomic E-state index is 13.0. The molecule has 0 bridgehead atoms. The van der Waals surface area contributed by atoms with Gasteiger partial charge in [0.1, 0.15) is 0 Å². The van der Waals surface area contributed by atoms with Gasteiger partial charge >= 0.3 is 133 Å². The van der Waals surface area contributed by atoms with E-state index in [0.29, 0.717) is 6.42 Å². The van der Waals surface area contributed by atoms with E-state index in [-0.39, 0.29) is 53.8 Å². The molecule has 0 spiro atoms. The summed E-state index contributed by atoms with van der Waals surface area (Å²) >= 11 is -5.99. The van der Waals surface area contributed by atoms with E-state index in [1.165, 1.54) is 27.7 Å². The van der Waals surface area contributed by atoms with E-state index in [1.54, 1.807) is 6.92 Å². The predicted molar refractivity (Wildman–Crippen MR) is 81.1 cm³/mol. The maximum Gasteiger partial charge on any atom is 0 e. The van der Waals surface area contributed by atoms with Crippen LogP contribution in [0.4, 0.5) is 0 Å². The Morgan fingerprint density at radius 1 is 0.565 bits per heavy atom. The Kier molecular flexibility index (Phi) is 10.8. The van der Waals surface area contributed by atoms with Crippen molar-refractivity contribution in [2.45, 2.75) is 73.1 Å². The zero-order chi connectivity index (χ0) is 17.6. The van der Waals surface area contributed by atoms with Crippen molar-refractivity contribution in [3.05, 3.63) is 0 Å². The molecule has 0 aromatic heterocycles. The molecule has 0 saturated heterocycles. The molecular weight excluding hydrogens is 368 g/mol. The summed E-state index contributed by atoms with van der Waals surface area (Å²) in [7, 11) is 0. The summed E-state index contributed by atoms with van der Waals surface area (Å²) in [4.78, 5) is 64.5. The standard InChI is InChI=1S/C4H7O.4C3H5O.2Ti/c1-2-3-4-5;4*1-2-3-4;;/h2-3H2,1H3;4*2H2,1H3;;. The minimum Gasteiger partial charge on any atom is 0 e. The summed E-state index contributed by atoms with van der Waals surface area (Å²) in [5, 5.41) is 0. The minimum absolute atomic E-state index is 0. The van der Waals surface area contributed by atoms with E-state index in [0.717, 1.165) is 0 Å². The third-order valence-corrected chi connectivity index (χ3v) is 15.9. The minimum atomic E-state index is -5.99. The van der Waals surface area contributed by atoms with Gasteiger partial charge in [-0.05, 0) is 0 Å². The Bertz CT molecular complexity index is 435. The first-order chi connectivity index (χ1) is 10.3. The maximum absolute atomic E-state index is 13.0. The molecule has 0 saturated carbocycles. The van der Waals surface area contributed by atoms with Crippen molar-refractivity contribution in [3.63, 3.8) is 0 Å². The molecule has 0 aliphatic heterocycles. The summed E-state index contributed by atoms with van der Waals surface area (Å²) < 4.78 is -3.37. The average Bonchev–Trinajstić information content (AvgIpc) is 2.54. The van der Waals surface area contributed by atoms with Gasteiger partial charge in [-0.1, -0.05) is 0 Å². The predicted octanol–water partition coefficient (Wildman–Crippen LogP) is 2.75. The SMILES string of the molecule is CCC[C](=O)[Ti]([C](=O)CC)([C](=O)CC)([C](=O)CC)[C](=O)CC.[Ti]. The molecule has 0 heterocycles. The summed E-state index contributed by atoms with van der Waals surface area (Å²) in [6, 6.07) is 0. The Labute approximate surface area is 154 Å². The van der Waals surface area contributed by atoms with Crippen LogP contribution in [0.1, 0.15) is 73.1 Å². The van der Waals surface area contributed by atoms with Crippen LogP contribution in [0.25, 0.3) is 0 Å². The van der Waals surface area contributed by atoms with Crippen LogP contribution in [-0.4, -0.2) is 20.4 Å². The molecule has 0 N–H and O–H groups in total. The smallest absolute Gasteiger partial charge is 0 e. The van der Waals surface area contributed by atoms with Crippen LogP contribution in [0.3, 0.4) is 0 Å². The Morgan fingerprint density at radius 3 is 1.00 bits per heavy atom. The fourth-order valence-corrected chi connectivity index (χ4v) is 13.9. The molecule has 0 atom stereocenters. The topological polar surface area (TPSA) is 85.3 Å².